The van der Waals surface area contributed by atoms with Crippen LogP contribution in [0.5, 0.6) is 0 Å². The number of imidazole rings is 1. The smallest absolute Gasteiger partial charge is 0.356 e. The largest absolute Gasteiger partial charge is 0.476 e. The lowest BCUT2D eigenvalue weighted by Crippen LogP contribution is -1.95. The van der Waals surface area contributed by atoms with Crippen molar-refractivity contribution in [3.8, 4) is 0 Å². The van der Waals surface area contributed by atoms with Crippen LogP contribution in [0.1, 0.15) is 10.5 Å². The zero-order chi connectivity index (χ0) is 11.3. The molecule has 0 aliphatic rings. The maximum Gasteiger partial charge on any atom is 0.356 e. The molecule has 0 aliphatic heterocycles. The Balaban J connectivity index is 2.40. The van der Waals surface area contributed by atoms with E-state index in [1.807, 2.05) is 6.07 Å². The second-order valence-corrected chi connectivity index (χ2v) is 4.74. The first-order chi connectivity index (χ1) is 7.65. The van der Waals surface area contributed by atoms with Crippen molar-refractivity contribution in [2.24, 2.45) is 0 Å². The van der Waals surface area contributed by atoms with Gasteiger partial charge in [-0.25, -0.2) is 9.78 Å². The number of rotatable bonds is 1. The molecule has 6 heteroatoms. The molecule has 0 bridgehead atoms. The van der Waals surface area contributed by atoms with Crippen molar-refractivity contribution in [3.05, 3.63) is 35.1 Å². The van der Waals surface area contributed by atoms with Crippen LogP contribution >= 0.6 is 22.9 Å². The van der Waals surface area contributed by atoms with Crippen LogP contribution in [0, 0.1) is 0 Å². The number of nitrogens with zero attached hydrogens (tertiary/aromatic N) is 2. The molecule has 80 valence electrons. The van der Waals surface area contributed by atoms with Gasteiger partial charge >= 0.3 is 5.97 Å². The standard InChI is InChI=1S/C10H5ClN2O2S/c11-5-1-2-8-7(3-5)13-4-6(9(14)15)12-10(13)16-8/h1-4H,(H,14,15). The summed E-state index contributed by atoms with van der Waals surface area (Å²) >= 11 is 7.34. The highest BCUT2D eigenvalue weighted by molar-refractivity contribution is 7.23. The van der Waals surface area contributed by atoms with E-state index in [0.29, 0.717) is 9.98 Å². The van der Waals surface area contributed by atoms with E-state index in [1.165, 1.54) is 17.5 Å². The van der Waals surface area contributed by atoms with E-state index < -0.39 is 5.97 Å². The fraction of sp³-hybridized carbons (Fsp3) is 0. The lowest BCUT2D eigenvalue weighted by molar-refractivity contribution is 0.0691. The van der Waals surface area contributed by atoms with Crippen molar-refractivity contribution >= 4 is 44.1 Å². The molecular formula is C10H5ClN2O2S. The third-order valence-electron chi connectivity index (χ3n) is 2.27. The first-order valence-electron chi connectivity index (χ1n) is 4.45. The van der Waals surface area contributed by atoms with Gasteiger partial charge in [0.05, 0.1) is 10.2 Å². The van der Waals surface area contributed by atoms with E-state index in [1.54, 1.807) is 16.5 Å². The van der Waals surface area contributed by atoms with Gasteiger partial charge in [0, 0.05) is 11.2 Å². The van der Waals surface area contributed by atoms with Crippen LogP contribution in [0.2, 0.25) is 5.02 Å². The molecule has 3 rings (SSSR count). The van der Waals surface area contributed by atoms with Gasteiger partial charge in [0.2, 0.25) is 0 Å². The van der Waals surface area contributed by atoms with E-state index in [2.05, 4.69) is 4.98 Å². The molecule has 2 heterocycles. The van der Waals surface area contributed by atoms with E-state index in [4.69, 9.17) is 16.7 Å². The summed E-state index contributed by atoms with van der Waals surface area (Å²) < 4.78 is 2.78. The van der Waals surface area contributed by atoms with Crippen LogP contribution < -0.4 is 0 Å². The van der Waals surface area contributed by atoms with Gasteiger partial charge in [0.25, 0.3) is 0 Å². The molecule has 0 saturated carbocycles. The Hall–Kier alpha value is -1.59. The highest BCUT2D eigenvalue weighted by atomic mass is 35.5. The molecule has 0 amide bonds. The van der Waals surface area contributed by atoms with Gasteiger partial charge in [0.1, 0.15) is 0 Å². The summed E-state index contributed by atoms with van der Waals surface area (Å²) in [7, 11) is 0. The number of thiazole rings is 1. The normalized spacial score (nSPS) is 11.3. The molecule has 0 spiro atoms. The molecule has 2 aromatic heterocycles. The van der Waals surface area contributed by atoms with Crippen LogP contribution in [-0.2, 0) is 0 Å². The summed E-state index contributed by atoms with van der Waals surface area (Å²) in [6.45, 7) is 0. The molecule has 0 unspecified atom stereocenters. The Bertz CT molecular complexity index is 716. The zero-order valence-electron chi connectivity index (χ0n) is 7.85. The Kier molecular flexibility index (Phi) is 1.92. The van der Waals surface area contributed by atoms with Crippen LogP contribution in [0.4, 0.5) is 0 Å². The van der Waals surface area contributed by atoms with Crippen molar-refractivity contribution < 1.29 is 9.90 Å². The van der Waals surface area contributed by atoms with E-state index in [-0.39, 0.29) is 5.69 Å². The summed E-state index contributed by atoms with van der Waals surface area (Å²) in [6.07, 6.45) is 1.51. The quantitative estimate of drug-likeness (QED) is 0.725. The molecule has 0 saturated heterocycles. The van der Waals surface area contributed by atoms with E-state index in [0.717, 1.165) is 10.2 Å². The van der Waals surface area contributed by atoms with Crippen molar-refractivity contribution in [3.63, 3.8) is 0 Å². The van der Waals surface area contributed by atoms with E-state index in [9.17, 15) is 4.79 Å². The summed E-state index contributed by atoms with van der Waals surface area (Å²) in [5.41, 5.74) is 0.931. The minimum absolute atomic E-state index is 0.0492. The Labute approximate surface area is 98.7 Å². The summed E-state index contributed by atoms with van der Waals surface area (Å²) in [5.74, 6) is -1.02. The number of hydrogen-bond donors (Lipinski definition) is 1. The second kappa shape index (κ2) is 3.20. The first-order valence-corrected chi connectivity index (χ1v) is 5.65. The molecule has 0 aliphatic carbocycles. The first kappa shape index (κ1) is 9.62. The maximum absolute atomic E-state index is 10.8. The number of aromatic carboxylic acids is 1. The minimum Gasteiger partial charge on any atom is -0.476 e. The van der Waals surface area contributed by atoms with Crippen LogP contribution in [-0.4, -0.2) is 20.5 Å². The molecule has 4 nitrogen and oxygen atoms in total. The van der Waals surface area contributed by atoms with Gasteiger partial charge in [0.15, 0.2) is 10.7 Å². The number of carboxylic acid groups (broad SMARTS) is 1. The SMILES string of the molecule is O=C(O)c1cn2c(n1)sc1ccc(Cl)cc12. The monoisotopic (exact) mass is 252 g/mol. The highest BCUT2D eigenvalue weighted by Gasteiger charge is 2.12. The molecule has 3 aromatic rings. The van der Waals surface area contributed by atoms with Crippen molar-refractivity contribution in [1.29, 1.82) is 0 Å². The maximum atomic E-state index is 10.8. The molecule has 0 fully saturated rings. The topological polar surface area (TPSA) is 54.6 Å². The number of hydrogen-bond acceptors (Lipinski definition) is 3. The average molecular weight is 253 g/mol. The van der Waals surface area contributed by atoms with Gasteiger partial charge in [-0.2, -0.15) is 0 Å². The van der Waals surface area contributed by atoms with Gasteiger partial charge in [-0.3, -0.25) is 4.40 Å². The van der Waals surface area contributed by atoms with Crippen molar-refractivity contribution in [1.82, 2.24) is 9.38 Å². The molecule has 1 N–H and O–H groups in total. The highest BCUT2D eigenvalue weighted by Crippen LogP contribution is 2.28. The molecule has 1 aromatic carbocycles. The van der Waals surface area contributed by atoms with Crippen molar-refractivity contribution in [2.75, 3.05) is 0 Å². The van der Waals surface area contributed by atoms with Gasteiger partial charge < -0.3 is 5.11 Å². The lowest BCUT2D eigenvalue weighted by atomic mass is 10.3. The van der Waals surface area contributed by atoms with E-state index >= 15 is 0 Å². The van der Waals surface area contributed by atoms with Crippen LogP contribution in [0.15, 0.2) is 24.4 Å². The third-order valence-corrected chi connectivity index (χ3v) is 3.55. The predicted octanol–water partition coefficient (Wildman–Crippen LogP) is 2.90. The Morgan fingerprint density at radius 3 is 3.06 bits per heavy atom. The minimum atomic E-state index is -1.02. The van der Waals surface area contributed by atoms with Crippen LogP contribution in [0.25, 0.3) is 15.2 Å². The van der Waals surface area contributed by atoms with Gasteiger partial charge in [-0.1, -0.05) is 22.9 Å². The zero-order valence-corrected chi connectivity index (χ0v) is 9.42. The number of aromatic nitrogens is 2. The molecular weight excluding hydrogens is 248 g/mol. The fourth-order valence-electron chi connectivity index (χ4n) is 1.57. The summed E-state index contributed by atoms with van der Waals surface area (Å²) in [4.78, 5) is 15.5. The van der Waals surface area contributed by atoms with Crippen LogP contribution in [0.3, 0.4) is 0 Å². The fourth-order valence-corrected chi connectivity index (χ4v) is 2.73. The lowest BCUT2D eigenvalue weighted by Gasteiger charge is -1.91. The number of benzene rings is 1. The predicted molar refractivity (Wildman–Crippen MR) is 62.5 cm³/mol. The number of halogens is 1. The summed E-state index contributed by atoms with van der Waals surface area (Å²) in [5, 5.41) is 9.46. The molecule has 16 heavy (non-hydrogen) atoms. The van der Waals surface area contributed by atoms with Gasteiger partial charge in [-0.15, -0.1) is 0 Å². The molecule has 0 radical (unpaired) electrons. The third kappa shape index (κ3) is 1.29. The Morgan fingerprint density at radius 1 is 1.50 bits per heavy atom. The Morgan fingerprint density at radius 2 is 2.31 bits per heavy atom. The number of carboxylic acids is 1. The second-order valence-electron chi connectivity index (χ2n) is 3.30. The number of carbonyl (C=O) groups is 1. The van der Waals surface area contributed by atoms with Crippen molar-refractivity contribution in [2.45, 2.75) is 0 Å². The summed E-state index contributed by atoms with van der Waals surface area (Å²) in [6, 6.07) is 5.50. The van der Waals surface area contributed by atoms with Gasteiger partial charge in [-0.05, 0) is 18.2 Å². The number of fused-ring (bicyclic) bond motifs is 3. The average Bonchev–Trinajstić information content (AvgIpc) is 2.75. The molecule has 0 atom stereocenters.